The SMILES string of the molecule is O=C(c1cnc(Cl)c(Cl)c1)N1CCN(S(=O)(=O)C=Cc2ccccc2)CC1. The molecule has 9 heteroatoms. The Bertz CT molecular complexity index is 957. The van der Waals surface area contributed by atoms with Crippen molar-refractivity contribution >= 4 is 45.2 Å². The largest absolute Gasteiger partial charge is 0.336 e. The van der Waals surface area contributed by atoms with Crippen LogP contribution in [0.5, 0.6) is 0 Å². The third-order valence-electron chi connectivity index (χ3n) is 4.16. The van der Waals surface area contributed by atoms with Crippen LogP contribution in [0.4, 0.5) is 0 Å². The predicted octanol–water partition coefficient (Wildman–Crippen LogP) is 3.15. The summed E-state index contributed by atoms with van der Waals surface area (Å²) in [6.07, 6.45) is 2.93. The Morgan fingerprint density at radius 2 is 1.74 bits per heavy atom. The van der Waals surface area contributed by atoms with Crippen LogP contribution in [0.1, 0.15) is 15.9 Å². The topological polar surface area (TPSA) is 70.6 Å². The summed E-state index contributed by atoms with van der Waals surface area (Å²) < 4.78 is 26.3. The fourth-order valence-corrected chi connectivity index (χ4v) is 4.12. The summed E-state index contributed by atoms with van der Waals surface area (Å²) in [6, 6.07) is 10.7. The van der Waals surface area contributed by atoms with E-state index >= 15 is 0 Å². The molecule has 0 bridgehead atoms. The summed E-state index contributed by atoms with van der Waals surface area (Å²) in [5, 5.41) is 1.53. The molecule has 0 unspecified atom stereocenters. The van der Waals surface area contributed by atoms with Crippen LogP contribution in [-0.2, 0) is 10.0 Å². The van der Waals surface area contributed by atoms with Crippen molar-refractivity contribution in [2.24, 2.45) is 0 Å². The molecule has 27 heavy (non-hydrogen) atoms. The van der Waals surface area contributed by atoms with Crippen LogP contribution in [0.2, 0.25) is 10.2 Å². The monoisotopic (exact) mass is 425 g/mol. The van der Waals surface area contributed by atoms with E-state index in [-0.39, 0.29) is 42.3 Å². The Kier molecular flexibility index (Phi) is 6.16. The number of piperazine rings is 1. The van der Waals surface area contributed by atoms with Crippen LogP contribution >= 0.6 is 23.2 Å². The molecule has 0 spiro atoms. The summed E-state index contributed by atoms with van der Waals surface area (Å²) in [4.78, 5) is 18.0. The smallest absolute Gasteiger partial charge is 0.255 e. The number of nitrogens with zero attached hydrogens (tertiary/aromatic N) is 3. The molecule has 1 aliphatic rings. The molecule has 0 aliphatic carbocycles. The first-order valence-corrected chi connectivity index (χ1v) is 10.5. The van der Waals surface area contributed by atoms with E-state index < -0.39 is 10.0 Å². The molecule has 1 saturated heterocycles. The van der Waals surface area contributed by atoms with E-state index in [9.17, 15) is 13.2 Å². The lowest BCUT2D eigenvalue weighted by Crippen LogP contribution is -2.50. The third-order valence-corrected chi connectivity index (χ3v) is 6.41. The maximum absolute atomic E-state index is 12.5. The van der Waals surface area contributed by atoms with Gasteiger partial charge in [0.1, 0.15) is 5.15 Å². The van der Waals surface area contributed by atoms with Crippen LogP contribution in [0.25, 0.3) is 6.08 Å². The molecule has 142 valence electrons. The summed E-state index contributed by atoms with van der Waals surface area (Å²) in [5.41, 5.74) is 1.13. The van der Waals surface area contributed by atoms with E-state index in [1.54, 1.807) is 11.0 Å². The number of hydrogen-bond donors (Lipinski definition) is 0. The molecule has 2 aromatic rings. The molecule has 3 rings (SSSR count). The standard InChI is InChI=1S/C18H17Cl2N3O3S/c19-16-12-15(13-21-17(16)20)18(24)22-7-9-23(10-8-22)27(25,26)11-6-14-4-2-1-3-5-14/h1-6,11-13H,7-10H2. The van der Waals surface area contributed by atoms with Gasteiger partial charge in [-0.1, -0.05) is 53.5 Å². The number of sulfonamides is 1. The van der Waals surface area contributed by atoms with Crippen molar-refractivity contribution in [2.75, 3.05) is 26.2 Å². The Morgan fingerprint density at radius 1 is 1.07 bits per heavy atom. The van der Waals surface area contributed by atoms with E-state index in [1.165, 1.54) is 22.0 Å². The van der Waals surface area contributed by atoms with E-state index in [1.807, 2.05) is 30.3 Å². The first kappa shape index (κ1) is 19.8. The second-order valence-electron chi connectivity index (χ2n) is 5.95. The number of rotatable bonds is 4. The molecule has 0 saturated carbocycles. The normalized spacial score (nSPS) is 16.0. The lowest BCUT2D eigenvalue weighted by molar-refractivity contribution is 0.0698. The summed E-state index contributed by atoms with van der Waals surface area (Å²) in [7, 11) is -3.54. The minimum Gasteiger partial charge on any atom is -0.336 e. The molecule has 2 heterocycles. The zero-order chi connectivity index (χ0) is 19.4. The number of amides is 1. The van der Waals surface area contributed by atoms with Gasteiger partial charge in [-0.15, -0.1) is 0 Å². The summed E-state index contributed by atoms with van der Waals surface area (Å²) in [6.45, 7) is 1.03. The molecule has 6 nitrogen and oxygen atoms in total. The average Bonchev–Trinajstić information content (AvgIpc) is 2.69. The zero-order valence-electron chi connectivity index (χ0n) is 14.3. The van der Waals surface area contributed by atoms with Crippen LogP contribution in [0, 0.1) is 0 Å². The summed E-state index contributed by atoms with van der Waals surface area (Å²) >= 11 is 11.7. The van der Waals surface area contributed by atoms with Crippen molar-refractivity contribution in [3.8, 4) is 0 Å². The fourth-order valence-electron chi connectivity index (χ4n) is 2.68. The van der Waals surface area contributed by atoms with Gasteiger partial charge in [-0.05, 0) is 17.7 Å². The highest BCUT2D eigenvalue weighted by Gasteiger charge is 2.28. The van der Waals surface area contributed by atoms with Crippen LogP contribution in [0.15, 0.2) is 48.0 Å². The number of carbonyl (C=O) groups is 1. The van der Waals surface area contributed by atoms with Crippen LogP contribution in [-0.4, -0.2) is 54.7 Å². The first-order valence-electron chi connectivity index (χ1n) is 8.20. The lowest BCUT2D eigenvalue weighted by atomic mass is 10.2. The van der Waals surface area contributed by atoms with Gasteiger partial charge in [-0.3, -0.25) is 4.79 Å². The minimum absolute atomic E-state index is 0.134. The van der Waals surface area contributed by atoms with Crippen molar-refractivity contribution in [3.63, 3.8) is 0 Å². The molecule has 1 aromatic heterocycles. The quantitative estimate of drug-likeness (QED) is 0.705. The highest BCUT2D eigenvalue weighted by Crippen LogP contribution is 2.21. The molecular formula is C18H17Cl2N3O3S. The van der Waals surface area contributed by atoms with Gasteiger partial charge >= 0.3 is 0 Å². The number of aromatic nitrogens is 1. The van der Waals surface area contributed by atoms with Gasteiger partial charge in [0.25, 0.3) is 5.91 Å². The number of halogens is 2. The van der Waals surface area contributed by atoms with Crippen molar-refractivity contribution in [2.45, 2.75) is 0 Å². The van der Waals surface area contributed by atoms with Crippen molar-refractivity contribution in [3.05, 3.63) is 69.3 Å². The van der Waals surface area contributed by atoms with Gasteiger partial charge in [0.05, 0.1) is 10.6 Å². The Labute approximate surface area is 168 Å². The van der Waals surface area contributed by atoms with Crippen LogP contribution in [0.3, 0.4) is 0 Å². The van der Waals surface area contributed by atoms with E-state index in [4.69, 9.17) is 23.2 Å². The van der Waals surface area contributed by atoms with Crippen LogP contribution < -0.4 is 0 Å². The second-order valence-corrected chi connectivity index (χ2v) is 8.53. The highest BCUT2D eigenvalue weighted by atomic mass is 35.5. The lowest BCUT2D eigenvalue weighted by Gasteiger charge is -2.33. The molecule has 1 aliphatic heterocycles. The number of hydrogen-bond acceptors (Lipinski definition) is 4. The summed E-state index contributed by atoms with van der Waals surface area (Å²) in [5.74, 6) is -0.252. The highest BCUT2D eigenvalue weighted by molar-refractivity contribution is 7.92. The predicted molar refractivity (Wildman–Crippen MR) is 106 cm³/mol. The fraction of sp³-hybridized carbons (Fsp3) is 0.222. The number of benzene rings is 1. The number of carbonyl (C=O) groups excluding carboxylic acids is 1. The van der Waals surface area contributed by atoms with Gasteiger partial charge < -0.3 is 4.90 Å². The number of pyridine rings is 1. The second kappa shape index (κ2) is 8.39. The van der Waals surface area contributed by atoms with E-state index in [0.29, 0.717) is 5.56 Å². The molecule has 1 fully saturated rings. The Hall–Kier alpha value is -1.93. The maximum Gasteiger partial charge on any atom is 0.255 e. The van der Waals surface area contributed by atoms with Crippen molar-refractivity contribution < 1.29 is 13.2 Å². The van der Waals surface area contributed by atoms with Gasteiger partial charge in [-0.25, -0.2) is 13.4 Å². The van der Waals surface area contributed by atoms with Gasteiger partial charge in [0.2, 0.25) is 10.0 Å². The molecule has 0 atom stereocenters. The van der Waals surface area contributed by atoms with E-state index in [0.717, 1.165) is 5.56 Å². The molecule has 0 radical (unpaired) electrons. The Morgan fingerprint density at radius 3 is 2.37 bits per heavy atom. The maximum atomic E-state index is 12.5. The first-order chi connectivity index (χ1) is 12.9. The van der Waals surface area contributed by atoms with Gasteiger partial charge in [-0.2, -0.15) is 4.31 Å². The minimum atomic E-state index is -3.54. The zero-order valence-corrected chi connectivity index (χ0v) is 16.6. The Balaban J connectivity index is 1.63. The molecule has 1 amide bonds. The third kappa shape index (κ3) is 4.87. The average molecular weight is 426 g/mol. The molecular weight excluding hydrogens is 409 g/mol. The van der Waals surface area contributed by atoms with Gasteiger partial charge in [0.15, 0.2) is 0 Å². The van der Waals surface area contributed by atoms with E-state index in [2.05, 4.69) is 4.98 Å². The molecule has 0 N–H and O–H groups in total. The van der Waals surface area contributed by atoms with Gasteiger partial charge in [0, 0.05) is 37.8 Å². The molecule has 1 aromatic carbocycles. The van der Waals surface area contributed by atoms with Crippen molar-refractivity contribution in [1.29, 1.82) is 0 Å². The van der Waals surface area contributed by atoms with Crippen molar-refractivity contribution in [1.82, 2.24) is 14.2 Å².